The number of rotatable bonds is 5. The molecule has 2 rings (SSSR count). The molecule has 1 aromatic heterocycles. The van der Waals surface area contributed by atoms with Crippen LogP contribution < -0.4 is 10.5 Å². The largest absolute Gasteiger partial charge is 0.491 e. The van der Waals surface area contributed by atoms with Crippen molar-refractivity contribution in [3.63, 3.8) is 0 Å². The van der Waals surface area contributed by atoms with Crippen molar-refractivity contribution in [3.05, 3.63) is 35.8 Å². The molecule has 0 saturated heterocycles. The zero-order chi connectivity index (χ0) is 14.7. The molecule has 0 aliphatic carbocycles. The number of imidazole rings is 1. The van der Waals surface area contributed by atoms with Crippen molar-refractivity contribution in [1.29, 1.82) is 0 Å². The highest BCUT2D eigenvalue weighted by molar-refractivity contribution is 5.61. The van der Waals surface area contributed by atoms with Gasteiger partial charge < -0.3 is 15.0 Å². The van der Waals surface area contributed by atoms with Gasteiger partial charge in [0, 0.05) is 24.8 Å². The average molecular weight is 273 g/mol. The van der Waals surface area contributed by atoms with Crippen LogP contribution in [0.1, 0.15) is 25.2 Å². The molecular formula is C16H23N3O. The Balaban J connectivity index is 2.29. The lowest BCUT2D eigenvalue weighted by Crippen LogP contribution is -2.10. The van der Waals surface area contributed by atoms with Crippen molar-refractivity contribution in [3.8, 4) is 17.0 Å². The van der Waals surface area contributed by atoms with E-state index in [-0.39, 0.29) is 6.10 Å². The molecule has 0 radical (unpaired) electrons. The molecule has 0 amide bonds. The van der Waals surface area contributed by atoms with Gasteiger partial charge in [-0.05, 0) is 51.5 Å². The molecule has 1 heterocycles. The molecule has 2 aromatic rings. The quantitative estimate of drug-likeness (QED) is 0.911. The predicted molar refractivity (Wildman–Crippen MR) is 82.0 cm³/mol. The van der Waals surface area contributed by atoms with Crippen LogP contribution in [0, 0.1) is 13.8 Å². The Kier molecular flexibility index (Phi) is 4.45. The number of benzene rings is 1. The molecule has 0 bridgehead atoms. The predicted octanol–water partition coefficient (Wildman–Crippen LogP) is 2.91. The summed E-state index contributed by atoms with van der Waals surface area (Å²) >= 11 is 0. The number of hydrogen-bond donors (Lipinski definition) is 1. The minimum absolute atomic E-state index is 0.186. The first-order valence-corrected chi connectivity index (χ1v) is 7.02. The first kappa shape index (κ1) is 14.6. The number of hydrogen-bond acceptors (Lipinski definition) is 3. The minimum Gasteiger partial charge on any atom is -0.491 e. The van der Waals surface area contributed by atoms with Crippen LogP contribution in [0.5, 0.6) is 5.75 Å². The second-order valence-electron chi connectivity index (χ2n) is 5.30. The molecule has 0 atom stereocenters. The summed E-state index contributed by atoms with van der Waals surface area (Å²) in [5.74, 6) is 1.92. The normalized spacial score (nSPS) is 11.1. The summed E-state index contributed by atoms with van der Waals surface area (Å²) in [6.45, 7) is 9.55. The van der Waals surface area contributed by atoms with Gasteiger partial charge in [-0.15, -0.1) is 0 Å². The third-order valence-corrected chi connectivity index (χ3v) is 3.18. The summed E-state index contributed by atoms with van der Waals surface area (Å²) < 4.78 is 7.85. The molecule has 20 heavy (non-hydrogen) atoms. The fourth-order valence-corrected chi connectivity index (χ4v) is 2.21. The number of aryl methyl sites for hydroxylation is 2. The van der Waals surface area contributed by atoms with Gasteiger partial charge in [-0.1, -0.05) is 0 Å². The van der Waals surface area contributed by atoms with Crippen molar-refractivity contribution in [2.24, 2.45) is 5.73 Å². The van der Waals surface area contributed by atoms with E-state index in [1.54, 1.807) is 0 Å². The zero-order valence-corrected chi connectivity index (χ0v) is 12.7. The van der Waals surface area contributed by atoms with Crippen LogP contribution in [0.25, 0.3) is 11.3 Å². The Morgan fingerprint density at radius 2 is 2.05 bits per heavy atom. The molecule has 0 unspecified atom stereocenters. The van der Waals surface area contributed by atoms with Gasteiger partial charge in [-0.25, -0.2) is 4.98 Å². The smallest absolute Gasteiger partial charge is 0.122 e. The van der Waals surface area contributed by atoms with E-state index in [0.29, 0.717) is 6.54 Å². The Bertz CT molecular complexity index is 587. The third-order valence-electron chi connectivity index (χ3n) is 3.18. The molecule has 0 aliphatic heterocycles. The molecule has 0 fully saturated rings. The van der Waals surface area contributed by atoms with E-state index in [1.165, 1.54) is 0 Å². The van der Waals surface area contributed by atoms with Crippen LogP contribution in [0.3, 0.4) is 0 Å². The summed E-state index contributed by atoms with van der Waals surface area (Å²) in [6.07, 6.45) is 2.24. The van der Waals surface area contributed by atoms with Crippen LogP contribution in [0.2, 0.25) is 0 Å². The standard InChI is InChI=1S/C16H23N3O/c1-11(2)20-16-6-5-14(9-12(16)3)15-10-19(8-7-17)13(4)18-15/h5-6,9-11H,7-8,17H2,1-4H3. The van der Waals surface area contributed by atoms with E-state index < -0.39 is 0 Å². The van der Waals surface area contributed by atoms with Gasteiger partial charge in [-0.2, -0.15) is 0 Å². The molecule has 0 spiro atoms. The average Bonchev–Trinajstić information content (AvgIpc) is 2.74. The maximum atomic E-state index is 5.76. The minimum atomic E-state index is 0.186. The highest BCUT2D eigenvalue weighted by atomic mass is 16.5. The summed E-state index contributed by atoms with van der Waals surface area (Å²) in [5, 5.41) is 0. The van der Waals surface area contributed by atoms with Gasteiger partial charge in [0.05, 0.1) is 11.8 Å². The van der Waals surface area contributed by atoms with Gasteiger partial charge in [0.2, 0.25) is 0 Å². The number of ether oxygens (including phenoxy) is 1. The van der Waals surface area contributed by atoms with E-state index in [9.17, 15) is 0 Å². The fraction of sp³-hybridized carbons (Fsp3) is 0.438. The molecular weight excluding hydrogens is 250 g/mol. The number of nitrogens with two attached hydrogens (primary N) is 1. The summed E-state index contributed by atoms with van der Waals surface area (Å²) in [7, 11) is 0. The topological polar surface area (TPSA) is 53.1 Å². The summed E-state index contributed by atoms with van der Waals surface area (Å²) in [5.41, 5.74) is 8.82. The molecule has 0 saturated carbocycles. The highest BCUT2D eigenvalue weighted by Gasteiger charge is 2.09. The van der Waals surface area contributed by atoms with Crippen LogP contribution in [-0.4, -0.2) is 22.2 Å². The van der Waals surface area contributed by atoms with Crippen LogP contribution in [0.15, 0.2) is 24.4 Å². The van der Waals surface area contributed by atoms with Gasteiger partial charge in [0.25, 0.3) is 0 Å². The van der Waals surface area contributed by atoms with Gasteiger partial charge >= 0.3 is 0 Å². The van der Waals surface area contributed by atoms with Gasteiger partial charge in [-0.3, -0.25) is 0 Å². The first-order chi connectivity index (χ1) is 9.51. The molecule has 2 N–H and O–H groups in total. The molecule has 4 heteroatoms. The van der Waals surface area contributed by atoms with Crippen molar-refractivity contribution >= 4 is 0 Å². The molecule has 0 aliphatic rings. The summed E-state index contributed by atoms with van der Waals surface area (Å²) in [6, 6.07) is 6.19. The van der Waals surface area contributed by atoms with E-state index in [0.717, 1.165) is 34.9 Å². The number of nitrogens with zero attached hydrogens (tertiary/aromatic N) is 2. The van der Waals surface area contributed by atoms with Gasteiger partial charge in [0.1, 0.15) is 11.6 Å². The Morgan fingerprint density at radius 3 is 2.65 bits per heavy atom. The number of aromatic nitrogens is 2. The lowest BCUT2D eigenvalue weighted by atomic mass is 10.1. The van der Waals surface area contributed by atoms with Crippen LogP contribution in [0.4, 0.5) is 0 Å². The Morgan fingerprint density at radius 1 is 1.30 bits per heavy atom. The van der Waals surface area contributed by atoms with E-state index in [1.807, 2.05) is 26.8 Å². The first-order valence-electron chi connectivity index (χ1n) is 7.02. The van der Waals surface area contributed by atoms with Crippen molar-refractivity contribution in [1.82, 2.24) is 9.55 Å². The summed E-state index contributed by atoms with van der Waals surface area (Å²) in [4.78, 5) is 4.60. The van der Waals surface area contributed by atoms with Crippen LogP contribution >= 0.6 is 0 Å². The maximum absolute atomic E-state index is 5.76. The lowest BCUT2D eigenvalue weighted by molar-refractivity contribution is 0.241. The Hall–Kier alpha value is -1.81. The molecule has 4 nitrogen and oxygen atoms in total. The van der Waals surface area contributed by atoms with Crippen molar-refractivity contribution in [2.75, 3.05) is 6.54 Å². The highest BCUT2D eigenvalue weighted by Crippen LogP contribution is 2.26. The zero-order valence-electron chi connectivity index (χ0n) is 12.7. The van der Waals surface area contributed by atoms with E-state index >= 15 is 0 Å². The fourth-order valence-electron chi connectivity index (χ4n) is 2.21. The second kappa shape index (κ2) is 6.09. The van der Waals surface area contributed by atoms with E-state index in [4.69, 9.17) is 10.5 Å². The lowest BCUT2D eigenvalue weighted by Gasteiger charge is -2.12. The third kappa shape index (κ3) is 3.20. The van der Waals surface area contributed by atoms with Crippen LogP contribution in [-0.2, 0) is 6.54 Å². The maximum Gasteiger partial charge on any atom is 0.122 e. The van der Waals surface area contributed by atoms with Crippen molar-refractivity contribution in [2.45, 2.75) is 40.3 Å². The SMILES string of the molecule is Cc1cc(-c2cn(CCN)c(C)n2)ccc1OC(C)C. The molecule has 108 valence electrons. The monoisotopic (exact) mass is 273 g/mol. The second-order valence-corrected chi connectivity index (χ2v) is 5.30. The van der Waals surface area contributed by atoms with Crippen molar-refractivity contribution < 1.29 is 4.74 Å². The Labute approximate surface area is 120 Å². The molecule has 1 aromatic carbocycles. The van der Waals surface area contributed by atoms with Gasteiger partial charge in [0.15, 0.2) is 0 Å². The van der Waals surface area contributed by atoms with E-state index in [2.05, 4.69) is 34.8 Å².